The van der Waals surface area contributed by atoms with E-state index in [0.29, 0.717) is 6.04 Å². The van der Waals surface area contributed by atoms with Crippen LogP contribution in [0.2, 0.25) is 0 Å². The van der Waals surface area contributed by atoms with Gasteiger partial charge in [0.05, 0.1) is 0 Å². The van der Waals surface area contributed by atoms with Gasteiger partial charge in [-0.05, 0) is 49.8 Å². The Labute approximate surface area is 86.5 Å². The highest BCUT2D eigenvalue weighted by molar-refractivity contribution is 5.45. The zero-order valence-corrected chi connectivity index (χ0v) is 9.09. The zero-order valence-electron chi connectivity index (χ0n) is 9.09. The molecule has 76 valence electrons. The van der Waals surface area contributed by atoms with Crippen molar-refractivity contribution < 1.29 is 0 Å². The molecule has 1 N–H and O–H groups in total. The number of hydrogen-bond donors (Lipinski definition) is 1. The average molecular weight is 189 g/mol. The second-order valence-corrected chi connectivity index (χ2v) is 4.32. The molecule has 0 aromatic heterocycles. The summed E-state index contributed by atoms with van der Waals surface area (Å²) < 4.78 is 0. The van der Waals surface area contributed by atoms with Crippen LogP contribution >= 0.6 is 0 Å². The monoisotopic (exact) mass is 189 g/mol. The van der Waals surface area contributed by atoms with Crippen LogP contribution in [0, 0.1) is 5.92 Å². The topological polar surface area (TPSA) is 12.0 Å². The summed E-state index contributed by atoms with van der Waals surface area (Å²) in [7, 11) is 0. The van der Waals surface area contributed by atoms with Gasteiger partial charge in [-0.25, -0.2) is 0 Å². The minimum atomic E-state index is 0.641. The van der Waals surface area contributed by atoms with Crippen molar-refractivity contribution in [3.8, 4) is 0 Å². The molecule has 0 aliphatic heterocycles. The third-order valence-corrected chi connectivity index (χ3v) is 3.09. The summed E-state index contributed by atoms with van der Waals surface area (Å²) in [5.74, 6) is 0.917. The molecule has 0 radical (unpaired) electrons. The molecule has 0 saturated heterocycles. The molecule has 2 rings (SSSR count). The van der Waals surface area contributed by atoms with Crippen LogP contribution in [-0.4, -0.2) is 6.04 Å². The van der Waals surface area contributed by atoms with Gasteiger partial charge in [-0.2, -0.15) is 0 Å². The number of hydrogen-bond acceptors (Lipinski definition) is 1. The van der Waals surface area contributed by atoms with E-state index in [2.05, 4.69) is 43.4 Å². The van der Waals surface area contributed by atoms with Gasteiger partial charge < -0.3 is 5.32 Å². The molecule has 1 aromatic carbocycles. The maximum atomic E-state index is 3.56. The third kappa shape index (κ3) is 2.28. The van der Waals surface area contributed by atoms with Gasteiger partial charge in [-0.1, -0.05) is 19.1 Å². The Kier molecular flexibility index (Phi) is 2.76. The largest absolute Gasteiger partial charge is 0.382 e. The summed E-state index contributed by atoms with van der Waals surface area (Å²) in [5, 5.41) is 3.56. The molecule has 1 saturated carbocycles. The second-order valence-electron chi connectivity index (χ2n) is 4.32. The lowest BCUT2D eigenvalue weighted by Crippen LogP contribution is -2.16. The van der Waals surface area contributed by atoms with Gasteiger partial charge in [-0.3, -0.25) is 0 Å². The van der Waals surface area contributed by atoms with Gasteiger partial charge in [0, 0.05) is 11.7 Å². The summed E-state index contributed by atoms with van der Waals surface area (Å²) in [6.45, 7) is 4.47. The van der Waals surface area contributed by atoms with Gasteiger partial charge in [0.25, 0.3) is 0 Å². The fourth-order valence-corrected chi connectivity index (χ4v) is 1.81. The first-order valence-electron chi connectivity index (χ1n) is 5.65. The molecule has 1 heteroatoms. The Morgan fingerprint density at radius 2 is 1.93 bits per heavy atom. The predicted octanol–water partition coefficient (Wildman–Crippen LogP) is 3.46. The van der Waals surface area contributed by atoms with E-state index in [1.54, 1.807) is 0 Å². The molecule has 0 amide bonds. The molecular weight excluding hydrogens is 170 g/mol. The predicted molar refractivity (Wildman–Crippen MR) is 61.6 cm³/mol. The van der Waals surface area contributed by atoms with Gasteiger partial charge in [0.1, 0.15) is 0 Å². The Bertz CT molecular complexity index is 285. The summed E-state index contributed by atoms with van der Waals surface area (Å²) in [6, 6.07) is 9.45. The van der Waals surface area contributed by atoms with E-state index in [-0.39, 0.29) is 0 Å². The van der Waals surface area contributed by atoms with E-state index in [1.165, 1.54) is 24.1 Å². The van der Waals surface area contributed by atoms with Crippen molar-refractivity contribution in [2.75, 3.05) is 5.32 Å². The van der Waals surface area contributed by atoms with Crippen molar-refractivity contribution in [3.05, 3.63) is 29.8 Å². The first-order chi connectivity index (χ1) is 6.79. The van der Waals surface area contributed by atoms with Crippen molar-refractivity contribution in [1.82, 2.24) is 0 Å². The van der Waals surface area contributed by atoms with Gasteiger partial charge in [0.2, 0.25) is 0 Å². The quantitative estimate of drug-likeness (QED) is 0.765. The summed E-state index contributed by atoms with van der Waals surface area (Å²) in [6.07, 6.45) is 3.93. The minimum absolute atomic E-state index is 0.641. The molecule has 1 aliphatic carbocycles. The van der Waals surface area contributed by atoms with E-state index in [9.17, 15) is 0 Å². The van der Waals surface area contributed by atoms with E-state index in [4.69, 9.17) is 0 Å². The van der Waals surface area contributed by atoms with Crippen molar-refractivity contribution in [1.29, 1.82) is 0 Å². The minimum Gasteiger partial charge on any atom is -0.382 e. The van der Waals surface area contributed by atoms with Crippen LogP contribution in [0.4, 0.5) is 5.69 Å². The molecule has 0 heterocycles. The first-order valence-corrected chi connectivity index (χ1v) is 5.65. The lowest BCUT2D eigenvalue weighted by atomic mass is 10.1. The molecule has 1 aliphatic rings. The Morgan fingerprint density at radius 1 is 1.29 bits per heavy atom. The molecular formula is C13H19N. The van der Waals surface area contributed by atoms with Crippen LogP contribution in [0.1, 0.15) is 32.3 Å². The van der Waals surface area contributed by atoms with E-state index < -0.39 is 0 Å². The molecule has 1 nitrogen and oxygen atoms in total. The van der Waals surface area contributed by atoms with E-state index in [0.717, 1.165) is 12.3 Å². The normalized spacial score (nSPS) is 17.9. The highest BCUT2D eigenvalue weighted by Crippen LogP contribution is 2.33. The third-order valence-electron chi connectivity index (χ3n) is 3.09. The molecule has 14 heavy (non-hydrogen) atoms. The fourth-order valence-electron chi connectivity index (χ4n) is 1.81. The molecule has 1 atom stereocenters. The lowest BCUT2D eigenvalue weighted by Gasteiger charge is -2.14. The lowest BCUT2D eigenvalue weighted by molar-refractivity contribution is 0.694. The first kappa shape index (κ1) is 9.57. The fraction of sp³-hybridized carbons (Fsp3) is 0.538. The van der Waals surface area contributed by atoms with Gasteiger partial charge in [0.15, 0.2) is 0 Å². The smallest absolute Gasteiger partial charge is 0.0342 e. The number of benzene rings is 1. The van der Waals surface area contributed by atoms with Gasteiger partial charge >= 0.3 is 0 Å². The summed E-state index contributed by atoms with van der Waals surface area (Å²) >= 11 is 0. The molecule has 1 aromatic rings. The maximum Gasteiger partial charge on any atom is 0.0342 e. The Morgan fingerprint density at radius 3 is 2.43 bits per heavy atom. The van der Waals surface area contributed by atoms with Crippen LogP contribution in [0.5, 0.6) is 0 Å². The van der Waals surface area contributed by atoms with Crippen LogP contribution in [-0.2, 0) is 6.42 Å². The summed E-state index contributed by atoms with van der Waals surface area (Å²) in [5.41, 5.74) is 2.68. The van der Waals surface area contributed by atoms with E-state index >= 15 is 0 Å². The number of anilines is 1. The second kappa shape index (κ2) is 4.04. The Hall–Kier alpha value is -0.980. The Balaban J connectivity index is 1.95. The zero-order chi connectivity index (χ0) is 9.97. The highest BCUT2D eigenvalue weighted by Gasteiger charge is 2.27. The highest BCUT2D eigenvalue weighted by atomic mass is 14.9. The van der Waals surface area contributed by atoms with Crippen molar-refractivity contribution in [2.45, 2.75) is 39.2 Å². The SMILES string of the molecule is CCc1ccc(NC(C)C2CC2)cc1. The molecule has 1 unspecified atom stereocenters. The van der Waals surface area contributed by atoms with Crippen molar-refractivity contribution in [3.63, 3.8) is 0 Å². The van der Waals surface area contributed by atoms with E-state index in [1.807, 2.05) is 0 Å². The molecule has 0 bridgehead atoms. The van der Waals surface area contributed by atoms with Crippen LogP contribution < -0.4 is 5.32 Å². The molecule has 0 spiro atoms. The van der Waals surface area contributed by atoms with Crippen LogP contribution in [0.3, 0.4) is 0 Å². The number of aryl methyl sites for hydroxylation is 1. The summed E-state index contributed by atoms with van der Waals surface area (Å²) in [4.78, 5) is 0. The number of rotatable bonds is 4. The standard InChI is InChI=1S/C13H19N/c1-3-11-4-8-13(9-5-11)14-10(2)12-6-7-12/h4-5,8-10,12,14H,3,6-7H2,1-2H3. The molecule has 1 fully saturated rings. The maximum absolute atomic E-state index is 3.56. The van der Waals surface area contributed by atoms with Crippen LogP contribution in [0.25, 0.3) is 0 Å². The van der Waals surface area contributed by atoms with Crippen molar-refractivity contribution >= 4 is 5.69 Å². The van der Waals surface area contributed by atoms with Gasteiger partial charge in [-0.15, -0.1) is 0 Å². The van der Waals surface area contributed by atoms with Crippen LogP contribution in [0.15, 0.2) is 24.3 Å². The van der Waals surface area contributed by atoms with Crippen molar-refractivity contribution in [2.24, 2.45) is 5.92 Å². The average Bonchev–Trinajstić information content (AvgIpc) is 3.02. The number of nitrogens with one attached hydrogen (secondary N) is 1.